The van der Waals surface area contributed by atoms with Gasteiger partial charge in [0, 0.05) is 23.0 Å². The van der Waals surface area contributed by atoms with E-state index in [4.69, 9.17) is 0 Å². The van der Waals surface area contributed by atoms with Gasteiger partial charge in [0.15, 0.2) is 0 Å². The van der Waals surface area contributed by atoms with E-state index >= 15 is 0 Å². The first-order valence-corrected chi connectivity index (χ1v) is 4.58. The second-order valence-corrected chi connectivity index (χ2v) is 3.30. The van der Waals surface area contributed by atoms with E-state index in [1.165, 1.54) is 6.07 Å². The quantitative estimate of drug-likeness (QED) is 0.593. The van der Waals surface area contributed by atoms with Crippen LogP contribution in [-0.2, 0) is 0 Å². The molecule has 3 rings (SSSR count). The van der Waals surface area contributed by atoms with Crippen LogP contribution in [0.15, 0.2) is 41.3 Å². The Hall–Kier alpha value is -2.23. The highest BCUT2D eigenvalue weighted by Gasteiger charge is 2.01. The Labute approximate surface area is 84.6 Å². The Kier molecular flexibility index (Phi) is 1.56. The molecule has 0 bridgehead atoms. The molecule has 0 saturated heterocycles. The smallest absolute Gasteiger partial charge is 0.264 e. The number of benzene rings is 1. The largest absolute Gasteiger partial charge is 0.268 e. The number of rotatable bonds is 0. The van der Waals surface area contributed by atoms with Gasteiger partial charge >= 0.3 is 0 Å². The van der Waals surface area contributed by atoms with Gasteiger partial charge in [0.25, 0.3) is 5.56 Å². The molecule has 0 atom stereocenters. The van der Waals surface area contributed by atoms with Crippen LogP contribution < -0.4 is 5.56 Å². The molecule has 1 aromatic carbocycles. The second-order valence-electron chi connectivity index (χ2n) is 3.30. The number of aromatic amines is 1. The van der Waals surface area contributed by atoms with Crippen LogP contribution in [0.1, 0.15) is 0 Å². The van der Waals surface area contributed by atoms with Crippen LogP contribution in [0.2, 0.25) is 0 Å². The van der Waals surface area contributed by atoms with Crippen molar-refractivity contribution in [3.05, 3.63) is 46.9 Å². The third kappa shape index (κ3) is 1.19. The van der Waals surface area contributed by atoms with Gasteiger partial charge < -0.3 is 0 Å². The molecule has 2 aromatic heterocycles. The van der Waals surface area contributed by atoms with Crippen LogP contribution in [0.25, 0.3) is 21.8 Å². The molecule has 0 aliphatic heterocycles. The van der Waals surface area contributed by atoms with Crippen molar-refractivity contribution in [3.63, 3.8) is 0 Å². The van der Waals surface area contributed by atoms with Crippen molar-refractivity contribution in [1.29, 1.82) is 0 Å². The molecule has 0 unspecified atom stereocenters. The number of nitrogens with one attached hydrogen (secondary N) is 1. The molecule has 72 valence electrons. The molecule has 15 heavy (non-hydrogen) atoms. The average Bonchev–Trinajstić information content (AvgIpc) is 2.64. The first-order valence-electron chi connectivity index (χ1n) is 4.58. The number of hydrogen-bond donors (Lipinski definition) is 1. The summed E-state index contributed by atoms with van der Waals surface area (Å²) in [6.45, 7) is 0. The van der Waals surface area contributed by atoms with Crippen LogP contribution in [0.4, 0.5) is 0 Å². The van der Waals surface area contributed by atoms with Crippen molar-refractivity contribution < 1.29 is 0 Å². The number of nitrogens with zero attached hydrogens (tertiary/aromatic N) is 2. The van der Waals surface area contributed by atoms with E-state index in [0.29, 0.717) is 0 Å². The molecule has 3 aromatic rings. The predicted octanol–water partition coefficient (Wildman–Crippen LogP) is 1.47. The molecule has 4 heteroatoms. The second kappa shape index (κ2) is 2.88. The summed E-state index contributed by atoms with van der Waals surface area (Å²) in [5.74, 6) is 0. The summed E-state index contributed by atoms with van der Waals surface area (Å²) >= 11 is 0. The fourth-order valence-corrected chi connectivity index (χ4v) is 1.66. The van der Waals surface area contributed by atoms with Gasteiger partial charge in [-0.15, -0.1) is 0 Å². The Balaban J connectivity index is 2.63. The first-order chi connectivity index (χ1) is 7.34. The van der Waals surface area contributed by atoms with Gasteiger partial charge in [-0.3, -0.25) is 9.78 Å². The van der Waals surface area contributed by atoms with Gasteiger partial charge in [0.05, 0.1) is 5.52 Å². The predicted molar refractivity (Wildman–Crippen MR) is 57.7 cm³/mol. The fraction of sp³-hybridized carbons (Fsp3) is 0. The van der Waals surface area contributed by atoms with Gasteiger partial charge in [-0.2, -0.15) is 5.10 Å². The number of hydrogen-bond acceptors (Lipinski definition) is 3. The van der Waals surface area contributed by atoms with Gasteiger partial charge in [-0.05, 0) is 18.2 Å². The molecule has 0 fully saturated rings. The van der Waals surface area contributed by atoms with E-state index in [1.807, 2.05) is 18.2 Å². The first kappa shape index (κ1) is 8.11. The number of fused-ring (bicyclic) bond motifs is 3. The summed E-state index contributed by atoms with van der Waals surface area (Å²) in [7, 11) is 0. The maximum atomic E-state index is 11.1. The zero-order valence-corrected chi connectivity index (χ0v) is 7.77. The number of H-pyrrole nitrogens is 1. The minimum Gasteiger partial charge on any atom is -0.268 e. The van der Waals surface area contributed by atoms with Crippen LogP contribution >= 0.6 is 0 Å². The SMILES string of the molecule is O=c1ccc2ccc3nccc3c2n[nH]1. The Bertz CT molecular complexity index is 703. The van der Waals surface area contributed by atoms with E-state index in [-0.39, 0.29) is 5.56 Å². The summed E-state index contributed by atoms with van der Waals surface area (Å²) < 4.78 is 0. The molecular formula is C11H7N3O. The summed E-state index contributed by atoms with van der Waals surface area (Å²) in [5, 5.41) is 8.40. The normalized spacial score (nSPS) is 10.9. The molecule has 1 N–H and O–H groups in total. The van der Waals surface area contributed by atoms with E-state index in [9.17, 15) is 4.79 Å². The summed E-state index contributed by atoms with van der Waals surface area (Å²) in [4.78, 5) is 15.3. The molecule has 2 heterocycles. The van der Waals surface area contributed by atoms with E-state index in [2.05, 4.69) is 15.2 Å². The lowest BCUT2D eigenvalue weighted by Gasteiger charge is -1.92. The van der Waals surface area contributed by atoms with E-state index < -0.39 is 0 Å². The zero-order valence-electron chi connectivity index (χ0n) is 7.77. The summed E-state index contributed by atoms with van der Waals surface area (Å²) in [5.41, 5.74) is 1.45. The molecule has 0 amide bonds. The Morgan fingerprint density at radius 3 is 2.87 bits per heavy atom. The molecule has 0 radical (unpaired) electrons. The lowest BCUT2D eigenvalue weighted by molar-refractivity contribution is 1.05. The molecule has 0 spiro atoms. The van der Waals surface area contributed by atoms with Crippen LogP contribution in [0, 0.1) is 0 Å². The molecule has 4 nitrogen and oxygen atoms in total. The lowest BCUT2D eigenvalue weighted by Crippen LogP contribution is -1.99. The third-order valence-electron chi connectivity index (χ3n) is 2.37. The van der Waals surface area contributed by atoms with Crippen LogP contribution in [0.3, 0.4) is 0 Å². The highest BCUT2D eigenvalue weighted by atomic mass is 16.1. The maximum absolute atomic E-state index is 11.1. The van der Waals surface area contributed by atoms with Crippen molar-refractivity contribution in [2.75, 3.05) is 0 Å². The molecule has 0 saturated carbocycles. The van der Waals surface area contributed by atoms with Gasteiger partial charge in [0.1, 0.15) is 5.52 Å². The van der Waals surface area contributed by atoms with Crippen molar-refractivity contribution in [1.82, 2.24) is 15.2 Å². The van der Waals surface area contributed by atoms with Crippen molar-refractivity contribution in [3.8, 4) is 0 Å². The highest BCUT2D eigenvalue weighted by molar-refractivity contribution is 6.03. The molecule has 0 aliphatic carbocycles. The van der Waals surface area contributed by atoms with E-state index in [0.717, 1.165) is 21.8 Å². The van der Waals surface area contributed by atoms with Crippen LogP contribution in [-0.4, -0.2) is 15.2 Å². The van der Waals surface area contributed by atoms with Gasteiger partial charge in [0.2, 0.25) is 0 Å². The van der Waals surface area contributed by atoms with Crippen LogP contribution in [0.5, 0.6) is 0 Å². The summed E-state index contributed by atoms with van der Waals surface area (Å²) in [6, 6.07) is 8.95. The third-order valence-corrected chi connectivity index (χ3v) is 2.37. The van der Waals surface area contributed by atoms with Gasteiger partial charge in [-0.1, -0.05) is 6.07 Å². The standard InChI is InChI=1S/C11H7N3O/c15-10-4-2-7-1-3-9-8(5-6-12-9)11(7)14-13-10/h1-6H,(H,13,15). The molecule has 0 aliphatic rings. The maximum Gasteiger partial charge on any atom is 0.264 e. The Morgan fingerprint density at radius 2 is 1.93 bits per heavy atom. The summed E-state index contributed by atoms with van der Waals surface area (Å²) in [6.07, 6.45) is 1.73. The monoisotopic (exact) mass is 197 g/mol. The average molecular weight is 197 g/mol. The van der Waals surface area contributed by atoms with E-state index in [1.54, 1.807) is 12.3 Å². The van der Waals surface area contributed by atoms with Crippen molar-refractivity contribution in [2.24, 2.45) is 0 Å². The zero-order chi connectivity index (χ0) is 10.3. The van der Waals surface area contributed by atoms with Crippen molar-refractivity contribution >= 4 is 21.8 Å². The number of aromatic nitrogens is 3. The minimum atomic E-state index is -0.209. The van der Waals surface area contributed by atoms with Crippen molar-refractivity contribution in [2.45, 2.75) is 0 Å². The van der Waals surface area contributed by atoms with Gasteiger partial charge in [-0.25, -0.2) is 5.10 Å². The topological polar surface area (TPSA) is 58.6 Å². The minimum absolute atomic E-state index is 0.209. The molecular weight excluding hydrogens is 190 g/mol. The highest BCUT2D eigenvalue weighted by Crippen LogP contribution is 2.20. The lowest BCUT2D eigenvalue weighted by atomic mass is 10.2. The fourth-order valence-electron chi connectivity index (χ4n) is 1.66. The Morgan fingerprint density at radius 1 is 1.07 bits per heavy atom.